The zero-order chi connectivity index (χ0) is 13.1. The van der Waals surface area contributed by atoms with Crippen molar-refractivity contribution in [3.05, 3.63) is 23.9 Å². The first kappa shape index (κ1) is 12.9. The number of nitrogens with zero attached hydrogens (tertiary/aromatic N) is 2. The third-order valence-corrected chi connectivity index (χ3v) is 3.16. The second-order valence-electron chi connectivity index (χ2n) is 4.89. The van der Waals surface area contributed by atoms with E-state index in [2.05, 4.69) is 42.9 Å². The van der Waals surface area contributed by atoms with Gasteiger partial charge in [0.1, 0.15) is 11.5 Å². The molecule has 2 aromatic rings. The summed E-state index contributed by atoms with van der Waals surface area (Å²) in [5.41, 5.74) is 2.22. The predicted molar refractivity (Wildman–Crippen MR) is 75.3 cm³/mol. The molecule has 0 aromatic carbocycles. The number of aromatic nitrogens is 2. The fraction of sp³-hybridized carbons (Fsp3) is 0.500. The van der Waals surface area contributed by atoms with E-state index in [1.807, 2.05) is 6.20 Å². The van der Waals surface area contributed by atoms with E-state index in [0.717, 1.165) is 18.0 Å². The van der Waals surface area contributed by atoms with Gasteiger partial charge in [0.15, 0.2) is 0 Å². The number of aromatic amines is 1. The second-order valence-corrected chi connectivity index (χ2v) is 4.89. The van der Waals surface area contributed by atoms with Crippen LogP contribution in [0.5, 0.6) is 0 Å². The average Bonchev–Trinajstić information content (AvgIpc) is 2.81. The number of likely N-dealkylation sites (N-methyl/N-ethyl adjacent to an activating group) is 1. The van der Waals surface area contributed by atoms with Crippen molar-refractivity contribution in [1.82, 2.24) is 9.97 Å². The van der Waals surface area contributed by atoms with E-state index in [1.54, 1.807) is 7.11 Å². The number of methoxy groups -OCH3 is 1. The molecule has 0 aliphatic heterocycles. The third kappa shape index (κ3) is 2.48. The van der Waals surface area contributed by atoms with Gasteiger partial charge in [-0.1, -0.05) is 13.8 Å². The van der Waals surface area contributed by atoms with Gasteiger partial charge in [0, 0.05) is 32.3 Å². The fourth-order valence-electron chi connectivity index (χ4n) is 2.05. The van der Waals surface area contributed by atoms with Gasteiger partial charge < -0.3 is 14.6 Å². The smallest absolute Gasteiger partial charge is 0.139 e. The molecule has 0 radical (unpaired) electrons. The summed E-state index contributed by atoms with van der Waals surface area (Å²) in [6.07, 6.45) is 1.93. The molecule has 0 unspecified atom stereocenters. The Balaban J connectivity index is 2.41. The molecule has 0 spiro atoms. The van der Waals surface area contributed by atoms with Gasteiger partial charge in [-0.15, -0.1) is 0 Å². The molecule has 0 amide bonds. The first-order valence-corrected chi connectivity index (χ1v) is 6.31. The standard InChI is InChI=1S/C14H21N3O/c1-10(2)12-9-11-5-6-15-13(11)16-14(12)17(3)7-8-18-4/h5-6,9-10H,7-8H2,1-4H3,(H,15,16). The van der Waals surface area contributed by atoms with Crippen LogP contribution in [-0.2, 0) is 4.74 Å². The van der Waals surface area contributed by atoms with Crippen LogP contribution >= 0.6 is 0 Å². The van der Waals surface area contributed by atoms with Crippen LogP contribution in [0.4, 0.5) is 5.82 Å². The Kier molecular flexibility index (Phi) is 3.87. The molecule has 2 heterocycles. The molecule has 0 aliphatic carbocycles. The number of ether oxygens (including phenoxy) is 1. The van der Waals surface area contributed by atoms with Crippen molar-refractivity contribution < 1.29 is 4.74 Å². The zero-order valence-corrected chi connectivity index (χ0v) is 11.5. The molecule has 4 nitrogen and oxygen atoms in total. The first-order valence-electron chi connectivity index (χ1n) is 6.31. The van der Waals surface area contributed by atoms with Gasteiger partial charge in [0.25, 0.3) is 0 Å². The fourth-order valence-corrected chi connectivity index (χ4v) is 2.05. The van der Waals surface area contributed by atoms with Crippen LogP contribution in [0.3, 0.4) is 0 Å². The minimum absolute atomic E-state index is 0.455. The maximum atomic E-state index is 5.13. The van der Waals surface area contributed by atoms with Crippen LogP contribution in [0.15, 0.2) is 18.3 Å². The summed E-state index contributed by atoms with van der Waals surface area (Å²) < 4.78 is 5.13. The molecule has 18 heavy (non-hydrogen) atoms. The molecule has 1 N–H and O–H groups in total. The molecule has 0 saturated heterocycles. The number of anilines is 1. The van der Waals surface area contributed by atoms with Crippen molar-refractivity contribution in [3.8, 4) is 0 Å². The molecule has 0 aliphatic rings. The zero-order valence-electron chi connectivity index (χ0n) is 11.5. The number of hydrogen-bond acceptors (Lipinski definition) is 3. The van der Waals surface area contributed by atoms with Gasteiger partial charge in [0.2, 0.25) is 0 Å². The monoisotopic (exact) mass is 247 g/mol. The lowest BCUT2D eigenvalue weighted by molar-refractivity contribution is 0.206. The van der Waals surface area contributed by atoms with Crippen molar-refractivity contribution in [3.63, 3.8) is 0 Å². The molecule has 2 aromatic heterocycles. The van der Waals surface area contributed by atoms with Crippen molar-refractivity contribution in [1.29, 1.82) is 0 Å². The molecule has 0 bridgehead atoms. The van der Waals surface area contributed by atoms with Crippen LogP contribution in [0.1, 0.15) is 25.3 Å². The lowest BCUT2D eigenvalue weighted by Crippen LogP contribution is -2.24. The number of nitrogens with one attached hydrogen (secondary N) is 1. The Bertz CT molecular complexity index is 519. The predicted octanol–water partition coefficient (Wildman–Crippen LogP) is 2.77. The van der Waals surface area contributed by atoms with Crippen LogP contribution in [-0.4, -0.2) is 37.3 Å². The van der Waals surface area contributed by atoms with E-state index in [4.69, 9.17) is 9.72 Å². The van der Waals surface area contributed by atoms with Crippen molar-refractivity contribution in [2.75, 3.05) is 32.2 Å². The largest absolute Gasteiger partial charge is 0.383 e. The molecule has 4 heteroatoms. The van der Waals surface area contributed by atoms with E-state index in [0.29, 0.717) is 12.5 Å². The number of H-pyrrole nitrogens is 1. The molecule has 98 valence electrons. The molecular formula is C14H21N3O. The Labute approximate surface area is 108 Å². The molecule has 0 fully saturated rings. The summed E-state index contributed by atoms with van der Waals surface area (Å²) >= 11 is 0. The number of hydrogen-bond donors (Lipinski definition) is 1. The van der Waals surface area contributed by atoms with Gasteiger partial charge in [-0.05, 0) is 23.6 Å². The second kappa shape index (κ2) is 5.40. The normalized spacial score (nSPS) is 11.4. The Morgan fingerprint density at radius 1 is 1.44 bits per heavy atom. The van der Waals surface area contributed by atoms with Gasteiger partial charge >= 0.3 is 0 Å². The minimum atomic E-state index is 0.455. The average molecular weight is 247 g/mol. The summed E-state index contributed by atoms with van der Waals surface area (Å²) in [5, 5.41) is 1.17. The summed E-state index contributed by atoms with van der Waals surface area (Å²) in [7, 11) is 3.78. The van der Waals surface area contributed by atoms with Crippen molar-refractivity contribution >= 4 is 16.9 Å². The molecule has 2 rings (SSSR count). The summed E-state index contributed by atoms with van der Waals surface area (Å²) in [5.74, 6) is 1.49. The number of fused-ring (bicyclic) bond motifs is 1. The third-order valence-electron chi connectivity index (χ3n) is 3.16. The van der Waals surface area contributed by atoms with Crippen LogP contribution in [0, 0.1) is 0 Å². The van der Waals surface area contributed by atoms with Gasteiger partial charge in [-0.3, -0.25) is 0 Å². The van der Waals surface area contributed by atoms with Gasteiger partial charge in [-0.2, -0.15) is 0 Å². The molecule has 0 saturated carbocycles. The minimum Gasteiger partial charge on any atom is -0.383 e. The van der Waals surface area contributed by atoms with Crippen LogP contribution in [0.25, 0.3) is 11.0 Å². The van der Waals surface area contributed by atoms with Crippen molar-refractivity contribution in [2.24, 2.45) is 0 Å². The molecule has 0 atom stereocenters. The topological polar surface area (TPSA) is 41.1 Å². The Morgan fingerprint density at radius 2 is 2.22 bits per heavy atom. The summed E-state index contributed by atoms with van der Waals surface area (Å²) in [6.45, 7) is 5.94. The van der Waals surface area contributed by atoms with E-state index in [-0.39, 0.29) is 0 Å². The Hall–Kier alpha value is -1.55. The van der Waals surface area contributed by atoms with Gasteiger partial charge in [-0.25, -0.2) is 4.98 Å². The van der Waals surface area contributed by atoms with Crippen LogP contribution < -0.4 is 4.90 Å². The van der Waals surface area contributed by atoms with Gasteiger partial charge in [0.05, 0.1) is 6.61 Å². The van der Waals surface area contributed by atoms with E-state index < -0.39 is 0 Å². The lowest BCUT2D eigenvalue weighted by Gasteiger charge is -2.22. The van der Waals surface area contributed by atoms with Crippen LogP contribution in [0.2, 0.25) is 0 Å². The maximum Gasteiger partial charge on any atom is 0.139 e. The summed E-state index contributed by atoms with van der Waals surface area (Å²) in [4.78, 5) is 10.0. The number of rotatable bonds is 5. The SMILES string of the molecule is COCCN(C)c1nc2[nH]ccc2cc1C(C)C. The Morgan fingerprint density at radius 3 is 2.89 bits per heavy atom. The van der Waals surface area contributed by atoms with E-state index >= 15 is 0 Å². The van der Waals surface area contributed by atoms with E-state index in [9.17, 15) is 0 Å². The highest BCUT2D eigenvalue weighted by atomic mass is 16.5. The maximum absolute atomic E-state index is 5.13. The van der Waals surface area contributed by atoms with E-state index in [1.165, 1.54) is 10.9 Å². The summed E-state index contributed by atoms with van der Waals surface area (Å²) in [6, 6.07) is 4.29. The van der Waals surface area contributed by atoms with Crippen molar-refractivity contribution in [2.45, 2.75) is 19.8 Å². The molecular weight excluding hydrogens is 226 g/mol. The highest BCUT2D eigenvalue weighted by Crippen LogP contribution is 2.28. The first-order chi connectivity index (χ1) is 8.63. The quantitative estimate of drug-likeness (QED) is 0.883. The number of pyridine rings is 1. The highest BCUT2D eigenvalue weighted by molar-refractivity contribution is 5.79. The lowest BCUT2D eigenvalue weighted by atomic mass is 10.0. The highest BCUT2D eigenvalue weighted by Gasteiger charge is 2.14.